The smallest absolute Gasteiger partial charge is 0.341 e. The molecule has 2 aromatic rings. The highest BCUT2D eigenvalue weighted by Gasteiger charge is 2.32. The molecule has 0 radical (unpaired) electrons. The minimum absolute atomic E-state index is 0.0240. The van der Waals surface area contributed by atoms with E-state index in [1.807, 2.05) is 0 Å². The zero-order valence-corrected chi connectivity index (χ0v) is 17.3. The Morgan fingerprint density at radius 1 is 0.806 bits per heavy atom. The van der Waals surface area contributed by atoms with Crippen molar-refractivity contribution in [3.8, 4) is 0 Å². The van der Waals surface area contributed by atoms with Crippen LogP contribution < -0.4 is 15.2 Å². The lowest BCUT2D eigenvalue weighted by molar-refractivity contribution is -0.137. The monoisotopic (exact) mass is 433 g/mol. The Kier molecular flexibility index (Phi) is 6.53. The van der Waals surface area contributed by atoms with E-state index < -0.39 is 11.7 Å². The SMILES string of the molecule is FC(F)(F)c1ccccc1/C=N/Nc1nc(N2CCCCC2)nc(N2CCCCC2)n1. The van der Waals surface area contributed by atoms with Crippen molar-refractivity contribution in [3.63, 3.8) is 0 Å². The first kappa shape index (κ1) is 21.3. The summed E-state index contributed by atoms with van der Waals surface area (Å²) in [7, 11) is 0. The summed E-state index contributed by atoms with van der Waals surface area (Å²) in [6.07, 6.45) is 3.41. The van der Waals surface area contributed by atoms with Crippen LogP contribution in [0.2, 0.25) is 0 Å². The predicted molar refractivity (Wildman–Crippen MR) is 115 cm³/mol. The van der Waals surface area contributed by atoms with Crippen molar-refractivity contribution in [2.24, 2.45) is 5.10 Å². The van der Waals surface area contributed by atoms with Gasteiger partial charge in [0.15, 0.2) is 0 Å². The maximum atomic E-state index is 13.2. The van der Waals surface area contributed by atoms with E-state index in [-0.39, 0.29) is 11.5 Å². The Labute approximate surface area is 179 Å². The topological polar surface area (TPSA) is 69.5 Å². The van der Waals surface area contributed by atoms with Crippen LogP contribution in [0.15, 0.2) is 29.4 Å². The summed E-state index contributed by atoms with van der Waals surface area (Å²) in [6, 6.07) is 5.31. The molecule has 10 heteroatoms. The summed E-state index contributed by atoms with van der Waals surface area (Å²) in [6.45, 7) is 3.52. The predicted octanol–water partition coefficient (Wildman–Crippen LogP) is 4.32. The molecule has 7 nitrogen and oxygen atoms in total. The second-order valence-electron chi connectivity index (χ2n) is 7.81. The summed E-state index contributed by atoms with van der Waals surface area (Å²) < 4.78 is 39.6. The number of nitrogens with zero attached hydrogens (tertiary/aromatic N) is 6. The van der Waals surface area contributed by atoms with Crippen LogP contribution in [0.5, 0.6) is 0 Å². The fourth-order valence-corrected chi connectivity index (χ4v) is 3.90. The molecular formula is C21H26F3N7. The number of hydrogen-bond acceptors (Lipinski definition) is 7. The molecule has 3 heterocycles. The average molecular weight is 433 g/mol. The van der Waals surface area contributed by atoms with Crippen molar-refractivity contribution in [3.05, 3.63) is 35.4 Å². The zero-order valence-electron chi connectivity index (χ0n) is 17.3. The largest absolute Gasteiger partial charge is 0.417 e. The van der Waals surface area contributed by atoms with Crippen LogP contribution in [0, 0.1) is 0 Å². The van der Waals surface area contributed by atoms with Crippen LogP contribution in [0.25, 0.3) is 0 Å². The highest BCUT2D eigenvalue weighted by atomic mass is 19.4. The summed E-state index contributed by atoms with van der Waals surface area (Å²) in [5.74, 6) is 1.41. The third-order valence-electron chi connectivity index (χ3n) is 5.52. The first-order chi connectivity index (χ1) is 15.0. The van der Waals surface area contributed by atoms with Crippen LogP contribution in [0.3, 0.4) is 0 Å². The van der Waals surface area contributed by atoms with Gasteiger partial charge in [0, 0.05) is 31.7 Å². The molecule has 1 aromatic carbocycles. The molecular weight excluding hydrogens is 407 g/mol. The fourth-order valence-electron chi connectivity index (χ4n) is 3.90. The van der Waals surface area contributed by atoms with Crippen molar-refractivity contribution in [1.29, 1.82) is 0 Å². The van der Waals surface area contributed by atoms with Crippen LogP contribution in [0.4, 0.5) is 31.0 Å². The third kappa shape index (κ3) is 5.42. The third-order valence-corrected chi connectivity index (χ3v) is 5.52. The summed E-state index contributed by atoms with van der Waals surface area (Å²) in [5, 5.41) is 3.99. The minimum Gasteiger partial charge on any atom is -0.341 e. The molecule has 0 saturated carbocycles. The van der Waals surface area contributed by atoms with Gasteiger partial charge in [0.25, 0.3) is 0 Å². The van der Waals surface area contributed by atoms with Gasteiger partial charge in [-0.05, 0) is 44.6 Å². The molecule has 0 atom stereocenters. The lowest BCUT2D eigenvalue weighted by Gasteiger charge is -2.30. The van der Waals surface area contributed by atoms with Crippen molar-refractivity contribution in [2.45, 2.75) is 44.7 Å². The van der Waals surface area contributed by atoms with Gasteiger partial charge >= 0.3 is 6.18 Å². The van der Waals surface area contributed by atoms with Gasteiger partial charge < -0.3 is 9.80 Å². The molecule has 2 fully saturated rings. The van der Waals surface area contributed by atoms with Gasteiger partial charge in [-0.25, -0.2) is 5.43 Å². The Balaban J connectivity index is 1.57. The molecule has 31 heavy (non-hydrogen) atoms. The van der Waals surface area contributed by atoms with Crippen molar-refractivity contribution < 1.29 is 13.2 Å². The molecule has 0 bridgehead atoms. The molecule has 0 aliphatic carbocycles. The molecule has 1 N–H and O–H groups in total. The molecule has 2 aliphatic rings. The first-order valence-electron chi connectivity index (χ1n) is 10.7. The fraction of sp³-hybridized carbons (Fsp3) is 0.524. The van der Waals surface area contributed by atoms with Crippen LogP contribution in [-0.2, 0) is 6.18 Å². The molecule has 1 aromatic heterocycles. The number of benzene rings is 1. The van der Waals surface area contributed by atoms with E-state index in [4.69, 9.17) is 0 Å². The van der Waals surface area contributed by atoms with Gasteiger partial charge in [-0.15, -0.1) is 0 Å². The lowest BCUT2D eigenvalue weighted by Crippen LogP contribution is -2.34. The van der Waals surface area contributed by atoms with E-state index in [0.717, 1.165) is 64.1 Å². The van der Waals surface area contributed by atoms with E-state index in [9.17, 15) is 13.2 Å². The summed E-state index contributed by atoms with van der Waals surface area (Å²) in [5.41, 5.74) is 1.96. The molecule has 0 unspecified atom stereocenters. The Morgan fingerprint density at radius 3 is 1.90 bits per heavy atom. The number of hydrazone groups is 1. The van der Waals surface area contributed by atoms with Crippen LogP contribution >= 0.6 is 0 Å². The maximum absolute atomic E-state index is 13.2. The van der Waals surface area contributed by atoms with E-state index in [1.54, 1.807) is 6.07 Å². The summed E-state index contributed by atoms with van der Waals surface area (Å²) >= 11 is 0. The zero-order chi connectivity index (χ0) is 21.7. The molecule has 0 spiro atoms. The van der Waals surface area contributed by atoms with Gasteiger partial charge in [-0.1, -0.05) is 18.2 Å². The Hall–Kier alpha value is -2.91. The van der Waals surface area contributed by atoms with E-state index >= 15 is 0 Å². The number of anilines is 3. The molecule has 166 valence electrons. The Bertz CT molecular complexity index is 868. The summed E-state index contributed by atoms with van der Waals surface area (Å²) in [4.78, 5) is 17.9. The minimum atomic E-state index is -4.45. The number of alkyl halides is 3. The second kappa shape index (κ2) is 9.49. The van der Waals surface area contributed by atoms with Gasteiger partial charge in [0.05, 0.1) is 11.8 Å². The highest BCUT2D eigenvalue weighted by molar-refractivity contribution is 5.82. The van der Waals surface area contributed by atoms with Crippen molar-refractivity contribution in [2.75, 3.05) is 41.4 Å². The molecule has 2 saturated heterocycles. The van der Waals surface area contributed by atoms with Gasteiger partial charge in [-0.3, -0.25) is 0 Å². The van der Waals surface area contributed by atoms with Gasteiger partial charge in [0.2, 0.25) is 17.8 Å². The number of piperidine rings is 2. The molecule has 4 rings (SSSR count). The van der Waals surface area contributed by atoms with Gasteiger partial charge in [0.1, 0.15) is 0 Å². The number of hydrogen-bond donors (Lipinski definition) is 1. The number of aromatic nitrogens is 3. The molecule has 2 aliphatic heterocycles. The highest BCUT2D eigenvalue weighted by Crippen LogP contribution is 2.31. The maximum Gasteiger partial charge on any atom is 0.417 e. The first-order valence-corrected chi connectivity index (χ1v) is 10.7. The molecule has 0 amide bonds. The standard InChI is InChI=1S/C21H26F3N7/c22-21(23,24)17-10-4-3-9-16(17)15-25-29-18-26-19(30-11-5-1-6-12-30)28-20(27-18)31-13-7-2-8-14-31/h3-4,9-10,15H,1-2,5-8,11-14H2,(H,26,27,28,29)/b25-15+. The number of nitrogens with one attached hydrogen (secondary N) is 1. The normalized spacial score (nSPS) is 17.9. The number of halogens is 3. The lowest BCUT2D eigenvalue weighted by atomic mass is 10.1. The van der Waals surface area contributed by atoms with Gasteiger partial charge in [-0.2, -0.15) is 33.2 Å². The van der Waals surface area contributed by atoms with E-state index in [1.165, 1.54) is 25.0 Å². The average Bonchev–Trinajstić information content (AvgIpc) is 2.80. The van der Waals surface area contributed by atoms with Crippen LogP contribution in [-0.4, -0.2) is 47.3 Å². The Morgan fingerprint density at radius 2 is 1.35 bits per heavy atom. The second-order valence-corrected chi connectivity index (χ2v) is 7.81. The van der Waals surface area contributed by atoms with E-state index in [0.29, 0.717) is 11.9 Å². The van der Waals surface area contributed by atoms with Crippen molar-refractivity contribution in [1.82, 2.24) is 15.0 Å². The van der Waals surface area contributed by atoms with E-state index in [2.05, 4.69) is 35.3 Å². The van der Waals surface area contributed by atoms with Crippen LogP contribution in [0.1, 0.15) is 49.7 Å². The van der Waals surface area contributed by atoms with Crippen molar-refractivity contribution >= 4 is 24.1 Å². The number of rotatable bonds is 5. The quantitative estimate of drug-likeness (QED) is 0.560.